The molecule has 13 heavy (non-hydrogen) atoms. The zero-order chi connectivity index (χ0) is 10.0. The number of carbonyl (C=O) groups is 1. The first kappa shape index (κ1) is 10.5. The Kier molecular flexibility index (Phi) is 3.27. The van der Waals surface area contributed by atoms with E-state index in [1.165, 1.54) is 11.8 Å². The standard InChI is InChI=1S/C8H8BrClN2O/c1-5(13)12(2)6-3-7(9)8(10)11-4-6/h3-4H,1-2H3. The molecule has 0 unspecified atom stereocenters. The first-order valence-electron chi connectivity index (χ1n) is 3.57. The third-order valence-electron chi connectivity index (χ3n) is 1.64. The Balaban J connectivity index is 3.03. The van der Waals surface area contributed by atoms with E-state index in [9.17, 15) is 4.79 Å². The summed E-state index contributed by atoms with van der Waals surface area (Å²) in [5.74, 6) is -0.0453. The molecule has 0 aliphatic carbocycles. The van der Waals surface area contributed by atoms with Gasteiger partial charge in [-0.3, -0.25) is 4.79 Å². The molecule has 0 aliphatic heterocycles. The Morgan fingerprint density at radius 2 is 2.31 bits per heavy atom. The van der Waals surface area contributed by atoms with E-state index < -0.39 is 0 Å². The Morgan fingerprint density at radius 1 is 1.69 bits per heavy atom. The Morgan fingerprint density at radius 3 is 2.77 bits per heavy atom. The predicted molar refractivity (Wildman–Crippen MR) is 56.0 cm³/mol. The van der Waals surface area contributed by atoms with Crippen LogP contribution in [0, 0.1) is 0 Å². The zero-order valence-electron chi connectivity index (χ0n) is 7.21. The fraction of sp³-hybridized carbons (Fsp3) is 0.250. The Bertz CT molecular complexity index is 343. The minimum atomic E-state index is -0.0453. The maximum atomic E-state index is 11.0. The molecule has 3 nitrogen and oxygen atoms in total. The molecule has 1 aromatic rings. The first-order valence-corrected chi connectivity index (χ1v) is 4.75. The second-order valence-electron chi connectivity index (χ2n) is 2.54. The van der Waals surface area contributed by atoms with Gasteiger partial charge in [0.05, 0.1) is 16.4 Å². The van der Waals surface area contributed by atoms with E-state index in [0.29, 0.717) is 15.3 Å². The lowest BCUT2D eigenvalue weighted by molar-refractivity contribution is -0.116. The maximum absolute atomic E-state index is 11.0. The second kappa shape index (κ2) is 4.07. The van der Waals surface area contributed by atoms with Gasteiger partial charge in [-0.25, -0.2) is 4.98 Å². The quantitative estimate of drug-likeness (QED) is 0.729. The van der Waals surface area contributed by atoms with E-state index in [-0.39, 0.29) is 5.91 Å². The highest BCUT2D eigenvalue weighted by molar-refractivity contribution is 9.10. The normalized spacial score (nSPS) is 9.85. The van der Waals surface area contributed by atoms with E-state index in [1.807, 2.05) is 0 Å². The van der Waals surface area contributed by atoms with E-state index in [0.717, 1.165) is 0 Å². The molecule has 0 aliphatic rings. The minimum absolute atomic E-state index is 0.0453. The van der Waals surface area contributed by atoms with Crippen molar-refractivity contribution >= 4 is 39.1 Å². The summed E-state index contributed by atoms with van der Waals surface area (Å²) in [7, 11) is 1.68. The molecule has 0 saturated heterocycles. The molecule has 1 aromatic heterocycles. The van der Waals surface area contributed by atoms with Crippen LogP contribution < -0.4 is 4.90 Å². The van der Waals surface area contributed by atoms with Crippen LogP contribution in [0.4, 0.5) is 5.69 Å². The molecule has 0 N–H and O–H groups in total. The molecular formula is C8H8BrClN2O. The Hall–Kier alpha value is -0.610. The highest BCUT2D eigenvalue weighted by Crippen LogP contribution is 2.24. The van der Waals surface area contributed by atoms with Crippen molar-refractivity contribution in [3.05, 3.63) is 21.9 Å². The largest absolute Gasteiger partial charge is 0.314 e. The number of aromatic nitrogens is 1. The summed E-state index contributed by atoms with van der Waals surface area (Å²) < 4.78 is 0.680. The summed E-state index contributed by atoms with van der Waals surface area (Å²) in [6.07, 6.45) is 1.55. The summed E-state index contributed by atoms with van der Waals surface area (Å²) in [6.45, 7) is 1.49. The van der Waals surface area contributed by atoms with Gasteiger partial charge in [0.25, 0.3) is 0 Å². The third kappa shape index (κ3) is 2.42. The number of rotatable bonds is 1. The van der Waals surface area contributed by atoms with Gasteiger partial charge in [-0.05, 0) is 22.0 Å². The number of nitrogens with zero attached hydrogens (tertiary/aromatic N) is 2. The number of amides is 1. The molecule has 0 radical (unpaired) electrons. The molecule has 0 fully saturated rings. The van der Waals surface area contributed by atoms with Crippen LogP contribution >= 0.6 is 27.5 Å². The highest BCUT2D eigenvalue weighted by atomic mass is 79.9. The first-order chi connectivity index (χ1) is 6.02. The number of carbonyl (C=O) groups excluding carboxylic acids is 1. The summed E-state index contributed by atoms with van der Waals surface area (Å²) in [5, 5.41) is 0.390. The van der Waals surface area contributed by atoms with Crippen LogP contribution in [0.5, 0.6) is 0 Å². The van der Waals surface area contributed by atoms with Crippen molar-refractivity contribution in [1.29, 1.82) is 0 Å². The average Bonchev–Trinajstić information content (AvgIpc) is 2.08. The van der Waals surface area contributed by atoms with Crippen molar-refractivity contribution < 1.29 is 4.79 Å². The maximum Gasteiger partial charge on any atom is 0.223 e. The van der Waals surface area contributed by atoms with Crippen molar-refractivity contribution in [3.63, 3.8) is 0 Å². The summed E-state index contributed by atoms with van der Waals surface area (Å²) in [4.78, 5) is 16.4. The lowest BCUT2D eigenvalue weighted by atomic mass is 10.4. The van der Waals surface area contributed by atoms with Gasteiger partial charge in [0.1, 0.15) is 5.15 Å². The molecule has 70 valence electrons. The molecule has 1 amide bonds. The molecule has 5 heteroatoms. The average molecular weight is 264 g/mol. The van der Waals surface area contributed by atoms with E-state index >= 15 is 0 Å². The smallest absolute Gasteiger partial charge is 0.223 e. The molecule has 0 aromatic carbocycles. The third-order valence-corrected chi connectivity index (χ3v) is 2.78. The van der Waals surface area contributed by atoms with Gasteiger partial charge in [0, 0.05) is 14.0 Å². The van der Waals surface area contributed by atoms with Crippen molar-refractivity contribution in [2.45, 2.75) is 6.92 Å². The Labute approximate surface area is 89.8 Å². The van der Waals surface area contributed by atoms with Gasteiger partial charge in [-0.15, -0.1) is 0 Å². The fourth-order valence-electron chi connectivity index (χ4n) is 0.776. The number of anilines is 1. The van der Waals surface area contributed by atoms with Crippen LogP contribution in [-0.4, -0.2) is 17.9 Å². The van der Waals surface area contributed by atoms with Gasteiger partial charge >= 0.3 is 0 Å². The lowest BCUT2D eigenvalue weighted by Crippen LogP contribution is -2.22. The molecule has 1 rings (SSSR count). The monoisotopic (exact) mass is 262 g/mol. The molecule has 0 spiro atoms. The van der Waals surface area contributed by atoms with E-state index in [4.69, 9.17) is 11.6 Å². The van der Waals surface area contributed by atoms with Gasteiger partial charge in [0.15, 0.2) is 0 Å². The summed E-state index contributed by atoms with van der Waals surface area (Å²) in [5.41, 5.74) is 0.712. The van der Waals surface area contributed by atoms with Crippen molar-refractivity contribution in [2.24, 2.45) is 0 Å². The number of hydrogen-bond acceptors (Lipinski definition) is 2. The van der Waals surface area contributed by atoms with Crippen LogP contribution in [0.1, 0.15) is 6.92 Å². The van der Waals surface area contributed by atoms with Gasteiger partial charge in [0.2, 0.25) is 5.91 Å². The van der Waals surface area contributed by atoms with Crippen LogP contribution in [0.3, 0.4) is 0 Å². The lowest BCUT2D eigenvalue weighted by Gasteiger charge is -2.14. The number of pyridine rings is 1. The van der Waals surface area contributed by atoms with Crippen molar-refractivity contribution in [2.75, 3.05) is 11.9 Å². The molecule has 0 bridgehead atoms. The van der Waals surface area contributed by atoms with Gasteiger partial charge in [-0.1, -0.05) is 11.6 Å². The summed E-state index contributed by atoms with van der Waals surface area (Å²) in [6, 6.07) is 1.75. The van der Waals surface area contributed by atoms with E-state index in [1.54, 1.807) is 19.3 Å². The molecule has 0 saturated carbocycles. The summed E-state index contributed by atoms with van der Waals surface area (Å²) >= 11 is 8.93. The van der Waals surface area contributed by atoms with Gasteiger partial charge in [-0.2, -0.15) is 0 Å². The topological polar surface area (TPSA) is 33.2 Å². The minimum Gasteiger partial charge on any atom is -0.314 e. The van der Waals surface area contributed by atoms with Crippen LogP contribution in [-0.2, 0) is 4.79 Å². The number of halogens is 2. The van der Waals surface area contributed by atoms with Gasteiger partial charge < -0.3 is 4.90 Å². The van der Waals surface area contributed by atoms with Crippen LogP contribution in [0.25, 0.3) is 0 Å². The number of hydrogen-bond donors (Lipinski definition) is 0. The SMILES string of the molecule is CC(=O)N(C)c1cnc(Cl)c(Br)c1. The van der Waals surface area contributed by atoms with E-state index in [2.05, 4.69) is 20.9 Å². The molecule has 1 heterocycles. The van der Waals surface area contributed by atoms with Crippen LogP contribution in [0.15, 0.2) is 16.7 Å². The van der Waals surface area contributed by atoms with Crippen LogP contribution in [0.2, 0.25) is 5.15 Å². The highest BCUT2D eigenvalue weighted by Gasteiger charge is 2.07. The fourth-order valence-corrected chi connectivity index (χ4v) is 1.22. The van der Waals surface area contributed by atoms with Crippen molar-refractivity contribution in [3.8, 4) is 0 Å². The second-order valence-corrected chi connectivity index (χ2v) is 3.76. The molecule has 0 atom stereocenters. The van der Waals surface area contributed by atoms with Crippen molar-refractivity contribution in [1.82, 2.24) is 4.98 Å². The zero-order valence-corrected chi connectivity index (χ0v) is 9.56. The predicted octanol–water partition coefficient (Wildman–Crippen LogP) is 2.48. The molecular weight excluding hydrogens is 255 g/mol.